The Kier molecular flexibility index (Phi) is 4.40. The number of methoxy groups -OCH3 is 1. The first-order valence-corrected chi connectivity index (χ1v) is 7.45. The highest BCUT2D eigenvalue weighted by atomic mass is 19.1. The number of nitrogens with zero attached hydrogens (tertiary/aromatic N) is 2. The van der Waals surface area contributed by atoms with E-state index in [1.165, 1.54) is 16.9 Å². The minimum absolute atomic E-state index is 0.0548. The van der Waals surface area contributed by atoms with Crippen LogP contribution in [0.3, 0.4) is 0 Å². The number of carbonyl (C=O) groups excluding carboxylic acids is 1. The van der Waals surface area contributed by atoms with Crippen LogP contribution >= 0.6 is 0 Å². The molecule has 7 heteroatoms. The summed E-state index contributed by atoms with van der Waals surface area (Å²) in [6, 6.07) is 6.24. The van der Waals surface area contributed by atoms with Crippen LogP contribution in [0.15, 0.2) is 30.5 Å². The lowest BCUT2D eigenvalue weighted by Crippen LogP contribution is -2.43. The highest BCUT2D eigenvalue weighted by molar-refractivity contribution is 5.95. The quantitative estimate of drug-likeness (QED) is 0.884. The Labute approximate surface area is 133 Å². The number of ether oxygens (including phenoxy) is 1. The van der Waals surface area contributed by atoms with Gasteiger partial charge in [0.1, 0.15) is 11.5 Å². The average molecular weight is 318 g/mol. The summed E-state index contributed by atoms with van der Waals surface area (Å²) in [5, 5.41) is 10.3. The molecule has 2 atom stereocenters. The van der Waals surface area contributed by atoms with Gasteiger partial charge in [-0.3, -0.25) is 4.79 Å². The van der Waals surface area contributed by atoms with E-state index in [1.54, 1.807) is 32.2 Å². The predicted molar refractivity (Wildman–Crippen MR) is 83.2 cm³/mol. The SMILES string of the molecule is CO[C@H]1CNC[C@H]1NC(=O)c1cnn(-c2ccccc2F)c1C. The maximum absolute atomic E-state index is 13.9. The second-order valence-electron chi connectivity index (χ2n) is 5.52. The van der Waals surface area contributed by atoms with Gasteiger partial charge in [0.2, 0.25) is 0 Å². The minimum Gasteiger partial charge on any atom is -0.378 e. The zero-order chi connectivity index (χ0) is 16.4. The molecule has 0 saturated carbocycles. The molecule has 0 bridgehead atoms. The summed E-state index contributed by atoms with van der Waals surface area (Å²) in [6.45, 7) is 3.11. The number of amides is 1. The lowest BCUT2D eigenvalue weighted by molar-refractivity contribution is 0.0779. The van der Waals surface area contributed by atoms with E-state index in [9.17, 15) is 9.18 Å². The highest BCUT2D eigenvalue weighted by Crippen LogP contribution is 2.17. The van der Waals surface area contributed by atoms with Crippen molar-refractivity contribution in [1.29, 1.82) is 0 Å². The molecule has 1 aromatic carbocycles. The number of benzene rings is 1. The molecule has 0 radical (unpaired) electrons. The van der Waals surface area contributed by atoms with Crippen molar-refractivity contribution in [1.82, 2.24) is 20.4 Å². The van der Waals surface area contributed by atoms with E-state index < -0.39 is 0 Å². The van der Waals surface area contributed by atoms with Crippen LogP contribution in [-0.2, 0) is 4.74 Å². The van der Waals surface area contributed by atoms with E-state index in [0.717, 1.165) is 0 Å². The van der Waals surface area contributed by atoms with Crippen LogP contribution in [-0.4, -0.2) is 48.0 Å². The number of aromatic nitrogens is 2. The largest absolute Gasteiger partial charge is 0.378 e. The predicted octanol–water partition coefficient (Wildman–Crippen LogP) is 1.04. The molecule has 1 aliphatic heterocycles. The van der Waals surface area contributed by atoms with Crippen LogP contribution in [0.1, 0.15) is 16.1 Å². The van der Waals surface area contributed by atoms with E-state index in [-0.39, 0.29) is 23.9 Å². The Hall–Kier alpha value is -2.25. The van der Waals surface area contributed by atoms with E-state index in [0.29, 0.717) is 30.0 Å². The number of nitrogens with one attached hydrogen (secondary N) is 2. The topological polar surface area (TPSA) is 68.2 Å². The molecule has 1 amide bonds. The fourth-order valence-corrected chi connectivity index (χ4v) is 2.79. The highest BCUT2D eigenvalue weighted by Gasteiger charge is 2.29. The van der Waals surface area contributed by atoms with E-state index in [4.69, 9.17) is 4.74 Å². The number of halogens is 1. The van der Waals surface area contributed by atoms with E-state index >= 15 is 0 Å². The Morgan fingerprint density at radius 1 is 1.43 bits per heavy atom. The van der Waals surface area contributed by atoms with Crippen molar-refractivity contribution in [2.45, 2.75) is 19.1 Å². The zero-order valence-corrected chi connectivity index (χ0v) is 13.0. The maximum atomic E-state index is 13.9. The van der Waals surface area contributed by atoms with Crippen molar-refractivity contribution >= 4 is 5.91 Å². The number of rotatable bonds is 4. The number of carbonyl (C=O) groups is 1. The van der Waals surface area contributed by atoms with Crippen LogP contribution in [0, 0.1) is 12.7 Å². The molecule has 1 aromatic heterocycles. The van der Waals surface area contributed by atoms with E-state index in [2.05, 4.69) is 15.7 Å². The third-order valence-electron chi connectivity index (χ3n) is 4.11. The summed E-state index contributed by atoms with van der Waals surface area (Å²) in [4.78, 5) is 12.5. The summed E-state index contributed by atoms with van der Waals surface area (Å²) in [6.07, 6.45) is 1.40. The number of para-hydroxylation sites is 1. The van der Waals surface area contributed by atoms with Crippen molar-refractivity contribution in [3.05, 3.63) is 47.5 Å². The Balaban J connectivity index is 1.82. The third kappa shape index (κ3) is 2.97. The van der Waals surface area contributed by atoms with Gasteiger partial charge < -0.3 is 15.4 Å². The van der Waals surface area contributed by atoms with Crippen molar-refractivity contribution in [2.75, 3.05) is 20.2 Å². The lowest BCUT2D eigenvalue weighted by atomic mass is 10.2. The second-order valence-corrected chi connectivity index (χ2v) is 5.52. The molecule has 2 N–H and O–H groups in total. The summed E-state index contributed by atoms with van der Waals surface area (Å²) in [5.74, 6) is -0.620. The van der Waals surface area contributed by atoms with Gasteiger partial charge in [0.25, 0.3) is 5.91 Å². The van der Waals surface area contributed by atoms with Crippen LogP contribution in [0.2, 0.25) is 0 Å². The molecule has 1 saturated heterocycles. The van der Waals surface area contributed by atoms with Crippen LogP contribution in [0.5, 0.6) is 0 Å². The molecule has 122 valence electrons. The molecule has 2 heterocycles. The van der Waals surface area contributed by atoms with Crippen LogP contribution in [0.4, 0.5) is 4.39 Å². The molecular formula is C16H19FN4O2. The van der Waals surface area contributed by atoms with Gasteiger partial charge in [-0.2, -0.15) is 5.10 Å². The average Bonchev–Trinajstić information content (AvgIpc) is 3.14. The van der Waals surface area contributed by atoms with Crippen LogP contribution < -0.4 is 10.6 Å². The summed E-state index contributed by atoms with van der Waals surface area (Å²) < 4.78 is 20.7. The Bertz CT molecular complexity index is 716. The monoisotopic (exact) mass is 318 g/mol. The molecule has 2 aromatic rings. The molecule has 0 aliphatic carbocycles. The minimum atomic E-state index is -0.384. The van der Waals surface area contributed by atoms with Gasteiger partial charge in [-0.05, 0) is 19.1 Å². The van der Waals surface area contributed by atoms with Crippen molar-refractivity contribution in [3.8, 4) is 5.69 Å². The molecule has 0 spiro atoms. The van der Waals surface area contributed by atoms with Gasteiger partial charge in [0, 0.05) is 20.2 Å². The standard InChI is InChI=1S/C16H19FN4O2/c1-10-11(16(22)20-13-8-18-9-15(13)23-2)7-19-21(10)14-6-4-3-5-12(14)17/h3-7,13,15,18H,8-9H2,1-2H3,(H,20,22)/t13-,15+/m1/s1. The van der Waals surface area contributed by atoms with Gasteiger partial charge in [-0.25, -0.2) is 9.07 Å². The molecular weight excluding hydrogens is 299 g/mol. The van der Waals surface area contributed by atoms with Crippen molar-refractivity contribution in [3.63, 3.8) is 0 Å². The molecule has 3 rings (SSSR count). The fourth-order valence-electron chi connectivity index (χ4n) is 2.79. The summed E-state index contributed by atoms with van der Waals surface area (Å²) >= 11 is 0. The summed E-state index contributed by atoms with van der Waals surface area (Å²) in [5.41, 5.74) is 1.34. The zero-order valence-electron chi connectivity index (χ0n) is 13.0. The molecule has 23 heavy (non-hydrogen) atoms. The van der Waals surface area contributed by atoms with Gasteiger partial charge in [0.15, 0.2) is 0 Å². The first-order valence-electron chi connectivity index (χ1n) is 7.45. The summed E-state index contributed by atoms with van der Waals surface area (Å²) in [7, 11) is 1.62. The first-order chi connectivity index (χ1) is 11.1. The third-order valence-corrected chi connectivity index (χ3v) is 4.11. The van der Waals surface area contributed by atoms with E-state index in [1.807, 2.05) is 0 Å². The second kappa shape index (κ2) is 6.47. The Morgan fingerprint density at radius 3 is 2.96 bits per heavy atom. The molecule has 1 aliphatic rings. The maximum Gasteiger partial charge on any atom is 0.255 e. The van der Waals surface area contributed by atoms with Crippen LogP contribution in [0.25, 0.3) is 5.69 Å². The first kappa shape index (κ1) is 15.6. The van der Waals surface area contributed by atoms with Gasteiger partial charge in [-0.1, -0.05) is 12.1 Å². The van der Waals surface area contributed by atoms with Gasteiger partial charge in [0.05, 0.1) is 29.6 Å². The lowest BCUT2D eigenvalue weighted by Gasteiger charge is -2.18. The number of hydrogen-bond acceptors (Lipinski definition) is 4. The number of hydrogen-bond donors (Lipinski definition) is 2. The van der Waals surface area contributed by atoms with Gasteiger partial charge >= 0.3 is 0 Å². The van der Waals surface area contributed by atoms with Crippen molar-refractivity contribution in [2.24, 2.45) is 0 Å². The normalized spacial score (nSPS) is 20.7. The fraction of sp³-hybridized carbons (Fsp3) is 0.375. The Morgan fingerprint density at radius 2 is 2.22 bits per heavy atom. The molecule has 6 nitrogen and oxygen atoms in total. The van der Waals surface area contributed by atoms with Gasteiger partial charge in [-0.15, -0.1) is 0 Å². The van der Waals surface area contributed by atoms with Crippen molar-refractivity contribution < 1.29 is 13.9 Å². The molecule has 0 unspecified atom stereocenters. The smallest absolute Gasteiger partial charge is 0.255 e. The molecule has 1 fully saturated rings.